The first-order chi connectivity index (χ1) is 11.2. The van der Waals surface area contributed by atoms with Gasteiger partial charge in [0.2, 0.25) is 0 Å². The van der Waals surface area contributed by atoms with Crippen LogP contribution in [0.5, 0.6) is 0 Å². The van der Waals surface area contributed by atoms with E-state index in [4.69, 9.17) is 9.68 Å². The molecule has 0 fully saturated rings. The van der Waals surface area contributed by atoms with E-state index in [9.17, 15) is 9.59 Å². The van der Waals surface area contributed by atoms with E-state index in [2.05, 4.69) is 15.3 Å². The number of hydrogen-bond donors (Lipinski definition) is 2. The first-order valence-electron chi connectivity index (χ1n) is 6.62. The van der Waals surface area contributed by atoms with Gasteiger partial charge in [-0.2, -0.15) is 10.2 Å². The second-order valence-corrected chi connectivity index (χ2v) is 4.61. The van der Waals surface area contributed by atoms with Crippen molar-refractivity contribution >= 4 is 11.6 Å². The number of H-pyrrole nitrogens is 1. The Morgan fingerprint density at radius 1 is 1.26 bits per heavy atom. The summed E-state index contributed by atoms with van der Waals surface area (Å²) in [4.78, 5) is 30.0. The number of furan rings is 1. The van der Waals surface area contributed by atoms with Crippen molar-refractivity contribution in [2.75, 3.05) is 5.32 Å². The first kappa shape index (κ1) is 14.3. The number of aromatic amines is 1. The van der Waals surface area contributed by atoms with Crippen LogP contribution in [0.3, 0.4) is 0 Å². The average Bonchev–Trinajstić information content (AvgIpc) is 3.09. The van der Waals surface area contributed by atoms with Gasteiger partial charge >= 0.3 is 5.69 Å². The molecule has 0 aliphatic rings. The number of hydrogen-bond acceptors (Lipinski definition) is 5. The second-order valence-electron chi connectivity index (χ2n) is 4.61. The van der Waals surface area contributed by atoms with Crippen molar-refractivity contribution in [2.45, 2.75) is 0 Å². The fourth-order valence-electron chi connectivity index (χ4n) is 2.00. The van der Waals surface area contributed by atoms with E-state index in [0.29, 0.717) is 22.7 Å². The van der Waals surface area contributed by atoms with Crippen LogP contribution in [-0.2, 0) is 0 Å². The van der Waals surface area contributed by atoms with E-state index < -0.39 is 11.6 Å². The van der Waals surface area contributed by atoms with Crippen molar-refractivity contribution in [1.29, 1.82) is 5.26 Å². The van der Waals surface area contributed by atoms with Gasteiger partial charge in [-0.05, 0) is 36.4 Å². The molecule has 23 heavy (non-hydrogen) atoms. The molecule has 1 amide bonds. The van der Waals surface area contributed by atoms with Gasteiger partial charge in [-0.25, -0.2) is 4.79 Å². The molecule has 0 spiro atoms. The highest BCUT2D eigenvalue weighted by Crippen LogP contribution is 2.17. The van der Waals surface area contributed by atoms with Gasteiger partial charge in [0.25, 0.3) is 5.91 Å². The van der Waals surface area contributed by atoms with Gasteiger partial charge in [0.1, 0.15) is 11.5 Å². The van der Waals surface area contributed by atoms with Gasteiger partial charge in [-0.15, -0.1) is 0 Å². The molecule has 3 rings (SSSR count). The van der Waals surface area contributed by atoms with E-state index >= 15 is 0 Å². The molecule has 0 aliphatic heterocycles. The van der Waals surface area contributed by atoms with Crippen LogP contribution >= 0.6 is 0 Å². The molecule has 0 saturated carbocycles. The molecule has 2 heterocycles. The number of anilines is 1. The normalized spacial score (nSPS) is 10.0. The molecule has 7 heteroatoms. The van der Waals surface area contributed by atoms with Gasteiger partial charge in [-0.1, -0.05) is 6.07 Å². The lowest BCUT2D eigenvalue weighted by molar-refractivity contribution is 0.102. The van der Waals surface area contributed by atoms with Crippen LogP contribution in [0.25, 0.3) is 11.5 Å². The number of amides is 1. The summed E-state index contributed by atoms with van der Waals surface area (Å²) < 4.78 is 5.19. The maximum atomic E-state index is 12.2. The quantitative estimate of drug-likeness (QED) is 0.770. The molecule has 7 nitrogen and oxygen atoms in total. The summed E-state index contributed by atoms with van der Waals surface area (Å²) >= 11 is 0. The van der Waals surface area contributed by atoms with Gasteiger partial charge in [-0.3, -0.25) is 4.79 Å². The van der Waals surface area contributed by atoms with E-state index in [-0.39, 0.29) is 5.69 Å². The molecule has 0 bridgehead atoms. The van der Waals surface area contributed by atoms with Gasteiger partial charge in [0.05, 0.1) is 23.6 Å². The molecule has 0 atom stereocenters. The number of nitrogens with zero attached hydrogens (tertiary/aromatic N) is 2. The fourth-order valence-corrected chi connectivity index (χ4v) is 2.00. The van der Waals surface area contributed by atoms with Gasteiger partial charge in [0, 0.05) is 5.69 Å². The Kier molecular flexibility index (Phi) is 3.72. The minimum Gasteiger partial charge on any atom is -0.463 e. The number of benzene rings is 1. The van der Waals surface area contributed by atoms with E-state index in [0.717, 1.165) is 0 Å². The Morgan fingerprint density at radius 2 is 2.13 bits per heavy atom. The van der Waals surface area contributed by atoms with E-state index in [1.807, 2.05) is 6.07 Å². The summed E-state index contributed by atoms with van der Waals surface area (Å²) in [6, 6.07) is 13.2. The first-order valence-corrected chi connectivity index (χ1v) is 6.62. The summed E-state index contributed by atoms with van der Waals surface area (Å²) in [5.41, 5.74) is 0.497. The molecular weight excluding hydrogens is 296 g/mol. The molecule has 2 N–H and O–H groups in total. The zero-order chi connectivity index (χ0) is 16.2. The number of nitriles is 1. The van der Waals surface area contributed by atoms with Crippen molar-refractivity contribution in [3.63, 3.8) is 0 Å². The van der Waals surface area contributed by atoms with Crippen LogP contribution < -0.4 is 11.0 Å². The molecule has 2 aromatic heterocycles. The topological polar surface area (TPSA) is 112 Å². The Morgan fingerprint density at radius 3 is 2.87 bits per heavy atom. The number of aromatic nitrogens is 2. The molecule has 112 valence electrons. The zero-order valence-corrected chi connectivity index (χ0v) is 11.7. The predicted octanol–water partition coefficient (Wildman–Crippen LogP) is 2.15. The number of nitrogens with one attached hydrogen (secondary N) is 2. The summed E-state index contributed by atoms with van der Waals surface area (Å²) in [5, 5.41) is 11.5. The fraction of sp³-hybridized carbons (Fsp3) is 0. The average molecular weight is 306 g/mol. The van der Waals surface area contributed by atoms with Crippen LogP contribution in [0, 0.1) is 11.3 Å². The lowest BCUT2D eigenvalue weighted by Crippen LogP contribution is -2.21. The smallest absolute Gasteiger partial charge is 0.346 e. The van der Waals surface area contributed by atoms with Crippen molar-refractivity contribution in [2.24, 2.45) is 0 Å². The van der Waals surface area contributed by atoms with Crippen molar-refractivity contribution < 1.29 is 9.21 Å². The lowest BCUT2D eigenvalue weighted by atomic mass is 10.2. The second kappa shape index (κ2) is 5.99. The third kappa shape index (κ3) is 3.16. The lowest BCUT2D eigenvalue weighted by Gasteiger charge is -2.05. The summed E-state index contributed by atoms with van der Waals surface area (Å²) in [5.74, 6) is -0.135. The van der Waals surface area contributed by atoms with Crippen LogP contribution in [0.15, 0.2) is 57.9 Å². The monoisotopic (exact) mass is 306 g/mol. The SMILES string of the molecule is N#Cc1cccc(NC(=O)c2cc(-c3ccco3)[nH]c(=O)n2)c1. The Hall–Kier alpha value is -3.66. The highest BCUT2D eigenvalue weighted by molar-refractivity contribution is 6.03. The molecule has 1 aromatic carbocycles. The maximum Gasteiger partial charge on any atom is 0.346 e. The van der Waals surface area contributed by atoms with Crippen molar-refractivity contribution in [3.8, 4) is 17.5 Å². The number of carbonyl (C=O) groups is 1. The Labute approximate surface area is 130 Å². The number of carbonyl (C=O) groups excluding carboxylic acids is 1. The highest BCUT2D eigenvalue weighted by atomic mass is 16.3. The molecule has 3 aromatic rings. The van der Waals surface area contributed by atoms with Crippen LogP contribution in [-0.4, -0.2) is 15.9 Å². The van der Waals surface area contributed by atoms with Crippen LogP contribution in [0.4, 0.5) is 5.69 Å². The number of rotatable bonds is 3. The minimum absolute atomic E-state index is 0.0532. The van der Waals surface area contributed by atoms with E-state index in [1.165, 1.54) is 18.4 Å². The molecular formula is C16H10N4O3. The molecule has 0 unspecified atom stereocenters. The van der Waals surface area contributed by atoms with Crippen molar-refractivity contribution in [3.05, 3.63) is 70.5 Å². The van der Waals surface area contributed by atoms with Gasteiger partial charge < -0.3 is 14.7 Å². The molecule has 0 aliphatic carbocycles. The third-order valence-corrected chi connectivity index (χ3v) is 3.01. The van der Waals surface area contributed by atoms with Gasteiger partial charge in [0.15, 0.2) is 0 Å². The van der Waals surface area contributed by atoms with Crippen molar-refractivity contribution in [1.82, 2.24) is 9.97 Å². The Bertz CT molecular complexity index is 952. The molecule has 0 saturated heterocycles. The van der Waals surface area contributed by atoms with Crippen LogP contribution in [0.1, 0.15) is 16.1 Å². The third-order valence-electron chi connectivity index (χ3n) is 3.01. The zero-order valence-electron chi connectivity index (χ0n) is 11.7. The largest absolute Gasteiger partial charge is 0.463 e. The standard InChI is InChI=1S/C16H10N4O3/c17-9-10-3-1-4-11(7-10)18-15(21)13-8-12(19-16(22)20-13)14-5-2-6-23-14/h1-8H,(H,18,21)(H,19,20,22). The maximum absolute atomic E-state index is 12.2. The molecule has 0 radical (unpaired) electrons. The Balaban J connectivity index is 1.90. The summed E-state index contributed by atoms with van der Waals surface area (Å²) in [7, 11) is 0. The summed E-state index contributed by atoms with van der Waals surface area (Å²) in [6.07, 6.45) is 1.46. The van der Waals surface area contributed by atoms with E-state index in [1.54, 1.807) is 30.3 Å². The van der Waals surface area contributed by atoms with Crippen LogP contribution in [0.2, 0.25) is 0 Å². The highest BCUT2D eigenvalue weighted by Gasteiger charge is 2.12. The predicted molar refractivity (Wildman–Crippen MR) is 81.7 cm³/mol. The minimum atomic E-state index is -0.658. The summed E-state index contributed by atoms with van der Waals surface area (Å²) in [6.45, 7) is 0.